The minimum absolute atomic E-state index is 0.0802. The predicted molar refractivity (Wildman–Crippen MR) is 56.0 cm³/mol. The fraction of sp³-hybridized carbons (Fsp3) is 0.909. The zero-order valence-corrected chi connectivity index (χ0v) is 8.88. The van der Waals surface area contributed by atoms with Crippen molar-refractivity contribution < 1.29 is 4.79 Å². The van der Waals surface area contributed by atoms with Crippen LogP contribution in [-0.2, 0) is 4.79 Å². The molecule has 1 aliphatic heterocycles. The number of amides is 1. The van der Waals surface area contributed by atoms with Gasteiger partial charge in [-0.3, -0.25) is 4.79 Å². The lowest BCUT2D eigenvalue weighted by atomic mass is 10.1. The lowest BCUT2D eigenvalue weighted by molar-refractivity contribution is -0.123. The highest BCUT2D eigenvalue weighted by Crippen LogP contribution is 2.33. The van der Waals surface area contributed by atoms with Gasteiger partial charge in [0.05, 0.1) is 6.04 Å². The van der Waals surface area contributed by atoms with Gasteiger partial charge in [0, 0.05) is 6.04 Å². The Labute approximate surface area is 85.6 Å². The van der Waals surface area contributed by atoms with Crippen LogP contribution in [0.1, 0.15) is 39.0 Å². The van der Waals surface area contributed by atoms with Crippen molar-refractivity contribution in [2.75, 3.05) is 6.54 Å². The summed E-state index contributed by atoms with van der Waals surface area (Å²) in [6.45, 7) is 3.11. The summed E-state index contributed by atoms with van der Waals surface area (Å²) in [5, 5.41) is 6.31. The molecule has 0 aromatic rings. The van der Waals surface area contributed by atoms with Crippen molar-refractivity contribution in [3.8, 4) is 0 Å². The van der Waals surface area contributed by atoms with Gasteiger partial charge in [-0.2, -0.15) is 0 Å². The molecular weight excluding hydrogens is 176 g/mol. The number of hydrogen-bond donors (Lipinski definition) is 2. The SMILES string of the molecule is CC(CC1CC1)NC(=O)[C@H]1CCCN1. The van der Waals surface area contributed by atoms with Crippen LogP contribution in [0.15, 0.2) is 0 Å². The molecule has 2 atom stereocenters. The van der Waals surface area contributed by atoms with Crippen LogP contribution in [0.3, 0.4) is 0 Å². The second-order valence-corrected chi connectivity index (χ2v) is 4.74. The molecule has 2 rings (SSSR count). The standard InChI is InChI=1S/C11H20N2O/c1-8(7-9-4-5-9)13-11(14)10-3-2-6-12-10/h8-10,12H,2-7H2,1H3,(H,13,14)/t8?,10-/m1/s1. The van der Waals surface area contributed by atoms with E-state index >= 15 is 0 Å². The molecule has 0 radical (unpaired) electrons. The van der Waals surface area contributed by atoms with Crippen LogP contribution in [-0.4, -0.2) is 24.5 Å². The van der Waals surface area contributed by atoms with E-state index in [1.807, 2.05) is 0 Å². The van der Waals surface area contributed by atoms with E-state index in [0.29, 0.717) is 6.04 Å². The summed E-state index contributed by atoms with van der Waals surface area (Å²) in [5.41, 5.74) is 0. The summed E-state index contributed by atoms with van der Waals surface area (Å²) in [5.74, 6) is 1.09. The Morgan fingerprint density at radius 3 is 2.86 bits per heavy atom. The monoisotopic (exact) mass is 196 g/mol. The largest absolute Gasteiger partial charge is 0.352 e. The van der Waals surface area contributed by atoms with E-state index in [1.54, 1.807) is 0 Å². The average Bonchev–Trinajstić information content (AvgIpc) is 2.80. The summed E-state index contributed by atoms with van der Waals surface area (Å²) in [7, 11) is 0. The summed E-state index contributed by atoms with van der Waals surface area (Å²) in [4.78, 5) is 11.7. The van der Waals surface area contributed by atoms with Gasteiger partial charge in [-0.05, 0) is 38.6 Å². The number of nitrogens with one attached hydrogen (secondary N) is 2. The smallest absolute Gasteiger partial charge is 0.237 e. The average molecular weight is 196 g/mol. The second-order valence-electron chi connectivity index (χ2n) is 4.74. The topological polar surface area (TPSA) is 41.1 Å². The normalized spacial score (nSPS) is 28.8. The predicted octanol–water partition coefficient (Wildman–Crippen LogP) is 1.04. The first-order valence-corrected chi connectivity index (χ1v) is 5.79. The van der Waals surface area contributed by atoms with Crippen LogP contribution in [0.4, 0.5) is 0 Å². The maximum Gasteiger partial charge on any atom is 0.237 e. The van der Waals surface area contributed by atoms with E-state index in [2.05, 4.69) is 17.6 Å². The van der Waals surface area contributed by atoms with Gasteiger partial charge in [0.25, 0.3) is 0 Å². The van der Waals surface area contributed by atoms with Crippen molar-refractivity contribution >= 4 is 5.91 Å². The Morgan fingerprint density at radius 2 is 2.29 bits per heavy atom. The third-order valence-electron chi connectivity index (χ3n) is 3.15. The Balaban J connectivity index is 1.69. The summed E-state index contributed by atoms with van der Waals surface area (Å²) >= 11 is 0. The lowest BCUT2D eigenvalue weighted by Crippen LogP contribution is -2.44. The highest BCUT2D eigenvalue weighted by atomic mass is 16.2. The molecule has 2 fully saturated rings. The molecule has 0 spiro atoms. The lowest BCUT2D eigenvalue weighted by Gasteiger charge is -2.16. The Hall–Kier alpha value is -0.570. The van der Waals surface area contributed by atoms with Crippen molar-refractivity contribution in [3.05, 3.63) is 0 Å². The Kier molecular flexibility index (Phi) is 3.06. The van der Waals surface area contributed by atoms with Crippen molar-refractivity contribution in [3.63, 3.8) is 0 Å². The Morgan fingerprint density at radius 1 is 1.50 bits per heavy atom. The zero-order chi connectivity index (χ0) is 9.97. The molecule has 14 heavy (non-hydrogen) atoms. The van der Waals surface area contributed by atoms with E-state index in [0.717, 1.165) is 25.3 Å². The van der Waals surface area contributed by atoms with Crippen LogP contribution >= 0.6 is 0 Å². The maximum atomic E-state index is 11.7. The van der Waals surface area contributed by atoms with Crippen molar-refractivity contribution in [2.24, 2.45) is 5.92 Å². The van der Waals surface area contributed by atoms with E-state index in [4.69, 9.17) is 0 Å². The summed E-state index contributed by atoms with van der Waals surface area (Å²) < 4.78 is 0. The minimum Gasteiger partial charge on any atom is -0.352 e. The quantitative estimate of drug-likeness (QED) is 0.705. The van der Waals surface area contributed by atoms with Gasteiger partial charge in [-0.25, -0.2) is 0 Å². The highest BCUT2D eigenvalue weighted by molar-refractivity contribution is 5.82. The first-order valence-electron chi connectivity index (χ1n) is 5.79. The molecule has 0 bridgehead atoms. The molecule has 1 amide bonds. The molecule has 1 saturated carbocycles. The van der Waals surface area contributed by atoms with Crippen LogP contribution < -0.4 is 10.6 Å². The highest BCUT2D eigenvalue weighted by Gasteiger charge is 2.27. The van der Waals surface area contributed by atoms with Gasteiger partial charge < -0.3 is 10.6 Å². The van der Waals surface area contributed by atoms with Crippen molar-refractivity contribution in [1.29, 1.82) is 0 Å². The van der Waals surface area contributed by atoms with Gasteiger partial charge >= 0.3 is 0 Å². The summed E-state index contributed by atoms with van der Waals surface area (Å²) in [6, 6.07) is 0.439. The molecule has 1 aliphatic carbocycles. The molecule has 1 saturated heterocycles. The zero-order valence-electron chi connectivity index (χ0n) is 8.88. The van der Waals surface area contributed by atoms with Gasteiger partial charge in [-0.1, -0.05) is 12.8 Å². The van der Waals surface area contributed by atoms with Gasteiger partial charge in [0.1, 0.15) is 0 Å². The molecule has 0 aromatic heterocycles. The Bertz CT molecular complexity index is 207. The fourth-order valence-corrected chi connectivity index (χ4v) is 2.16. The molecule has 2 aliphatic rings. The summed E-state index contributed by atoms with van der Waals surface area (Å²) in [6.07, 6.45) is 6.03. The first-order chi connectivity index (χ1) is 6.75. The third-order valence-corrected chi connectivity index (χ3v) is 3.15. The molecule has 0 aromatic carbocycles. The van der Waals surface area contributed by atoms with Gasteiger partial charge in [0.2, 0.25) is 5.91 Å². The second kappa shape index (κ2) is 4.30. The van der Waals surface area contributed by atoms with E-state index in [9.17, 15) is 4.79 Å². The van der Waals surface area contributed by atoms with Crippen LogP contribution in [0.2, 0.25) is 0 Å². The van der Waals surface area contributed by atoms with Crippen LogP contribution in [0.5, 0.6) is 0 Å². The van der Waals surface area contributed by atoms with Crippen molar-refractivity contribution in [2.45, 2.75) is 51.1 Å². The molecule has 1 heterocycles. The molecule has 3 nitrogen and oxygen atoms in total. The number of hydrogen-bond acceptors (Lipinski definition) is 2. The van der Waals surface area contributed by atoms with Gasteiger partial charge in [0.15, 0.2) is 0 Å². The molecule has 2 N–H and O–H groups in total. The van der Waals surface area contributed by atoms with E-state index in [-0.39, 0.29) is 11.9 Å². The van der Waals surface area contributed by atoms with E-state index < -0.39 is 0 Å². The first kappa shape index (κ1) is 9.97. The van der Waals surface area contributed by atoms with Crippen LogP contribution in [0, 0.1) is 5.92 Å². The van der Waals surface area contributed by atoms with Crippen LogP contribution in [0.25, 0.3) is 0 Å². The third kappa shape index (κ3) is 2.71. The number of carbonyl (C=O) groups excluding carboxylic acids is 1. The van der Waals surface area contributed by atoms with Crippen molar-refractivity contribution in [1.82, 2.24) is 10.6 Å². The fourth-order valence-electron chi connectivity index (χ4n) is 2.16. The van der Waals surface area contributed by atoms with E-state index in [1.165, 1.54) is 19.3 Å². The number of carbonyl (C=O) groups is 1. The minimum atomic E-state index is 0.0802. The molecule has 80 valence electrons. The molecular formula is C11H20N2O. The molecule has 1 unspecified atom stereocenters. The maximum absolute atomic E-state index is 11.7. The number of rotatable bonds is 4. The molecule has 3 heteroatoms. The van der Waals surface area contributed by atoms with Gasteiger partial charge in [-0.15, -0.1) is 0 Å².